The van der Waals surface area contributed by atoms with Crippen molar-refractivity contribution in [3.63, 3.8) is 0 Å². The SMILES string of the molecule is [15NH2][13c]1[15n][13c]2[13c]([15n][13cH][15n]2[13C@@H]2O[13C@H]([13CH2]OP(=O)(O)OP(=O)([O-])[O-])[13CH](O)[13C@@H]2O)[13c](=O)[15nH]1.[Li+].[Li+]. The van der Waals surface area contributed by atoms with Gasteiger partial charge in [0.1, 0.15) is 18.3 Å². The summed E-state index contributed by atoms with van der Waals surface area (Å²) in [6, 6.07) is 0. The van der Waals surface area contributed by atoms with Gasteiger partial charge in [-0.25, -0.2) is 9.55 Å². The summed E-state index contributed by atoms with van der Waals surface area (Å²) in [7, 11) is -11.1. The summed E-state index contributed by atoms with van der Waals surface area (Å²) in [5, 5.41) is 20.2. The third kappa shape index (κ3) is 6.04. The standard InChI is InChI=1S/C10H15N5O11P2.2Li/c11-10-13-7-4(8(18)14-10)12-2-15(7)9-6(17)5(16)3(25-9)1-24-28(22,23)26-27(19,20)21;;/h2-3,5-6,9,16-17H,1H2,(H,22,23)(H2,19,20,21)(H3,11,13,14,18);;/q;2*+1/p-2/t3-,5?,6+,9-;;/m1../s1/i1+1,2+1,3+1,4+1,5+1,6+1,7+1,8+1,9+1,10+1,11+1,12+1,13+1,14+1,15+1;;. The number of hydrogen-bond donors (Lipinski definition) is 5. The van der Waals surface area contributed by atoms with Gasteiger partial charge in [0.2, 0.25) is 5.95 Å². The number of aromatic amines is 1. The molecule has 0 saturated carbocycles. The fraction of sp³-hybridized carbons (Fsp3) is 0.500. The van der Waals surface area contributed by atoms with Crippen LogP contribution in [0, 0.1) is 0 Å². The van der Waals surface area contributed by atoms with Gasteiger partial charge in [-0.1, -0.05) is 0 Å². The molecule has 1 aliphatic rings. The largest absolute Gasteiger partial charge is 1.00 e. The van der Waals surface area contributed by atoms with Crippen LogP contribution in [0.1, 0.15) is 6.23 Å². The number of hydrogen-bond acceptors (Lipinski definition) is 13. The number of rotatable bonds is 6. The molecule has 0 radical (unpaired) electrons. The number of anilines is 1. The quantitative estimate of drug-likeness (QED) is 0.114. The molecule has 156 valence electrons. The van der Waals surface area contributed by atoms with E-state index >= 15 is 0 Å². The molecular formula is C10H13Li2N5O11P2. The number of nitrogens with zero attached hydrogens (tertiary/aromatic N) is 3. The molecule has 0 spiro atoms. The van der Waals surface area contributed by atoms with E-state index in [4.69, 9.17) is 10.5 Å². The third-order valence-corrected chi connectivity index (χ3v) is 5.77. The van der Waals surface area contributed by atoms with Gasteiger partial charge in [-0.2, -0.15) is 4.98 Å². The molecule has 5 atom stereocenters. The molecule has 2 unspecified atom stereocenters. The summed E-state index contributed by atoms with van der Waals surface area (Å²) in [5.74, 6) is -0.245. The van der Waals surface area contributed by atoms with Crippen molar-refractivity contribution >= 4 is 32.8 Å². The predicted molar refractivity (Wildman–Crippen MR) is 83.0 cm³/mol. The molecule has 2 aromatic heterocycles. The fourth-order valence-corrected chi connectivity index (χ4v) is 4.08. The van der Waals surface area contributed by atoms with Gasteiger partial charge >= 0.3 is 45.5 Å². The van der Waals surface area contributed by atoms with Gasteiger partial charge in [-0.3, -0.25) is 23.2 Å². The van der Waals surface area contributed by atoms with E-state index in [-0.39, 0.29) is 54.8 Å². The first kappa shape index (κ1) is 27.5. The number of imidazole rings is 1. The van der Waals surface area contributed by atoms with Crippen LogP contribution < -0.4 is 58.8 Å². The van der Waals surface area contributed by atoms with Crippen molar-refractivity contribution in [2.45, 2.75) is 24.5 Å². The van der Waals surface area contributed by atoms with Crippen LogP contribution in [0.15, 0.2) is 11.1 Å². The molecule has 0 amide bonds. The van der Waals surface area contributed by atoms with E-state index in [1.165, 1.54) is 0 Å². The topological polar surface area (TPSA) is 258 Å². The smallest absolute Gasteiger partial charge is 0.789 e. The van der Waals surface area contributed by atoms with Crippen LogP contribution in [0.3, 0.4) is 0 Å². The number of aliphatic hydroxyl groups excluding tert-OH is 2. The number of aromatic nitrogens is 4. The van der Waals surface area contributed by atoms with Crippen molar-refractivity contribution in [3.05, 3.63) is 16.7 Å². The molecule has 2 aromatic rings. The van der Waals surface area contributed by atoms with E-state index in [0.717, 1.165) is 10.9 Å². The molecule has 1 aliphatic heterocycles. The molecular weight excluding hydrogens is 457 g/mol. The number of nitrogens with one attached hydrogen (secondary N) is 1. The van der Waals surface area contributed by atoms with Gasteiger partial charge in [0.05, 0.1) is 20.8 Å². The Balaban J connectivity index is 0.00000225. The maximum absolute atomic E-state index is 11.8. The summed E-state index contributed by atoms with van der Waals surface area (Å²) in [5.41, 5.74) is 4.59. The van der Waals surface area contributed by atoms with E-state index in [9.17, 15) is 38.8 Å². The van der Waals surface area contributed by atoms with E-state index < -0.39 is 52.4 Å². The van der Waals surface area contributed by atoms with Crippen LogP contribution in [-0.4, -0.2) is 59.5 Å². The Hall–Kier alpha value is -0.515. The second-order valence-corrected chi connectivity index (χ2v) is 8.36. The Morgan fingerprint density at radius 1 is 1.30 bits per heavy atom. The first-order chi connectivity index (χ1) is 12.9. The molecule has 30 heavy (non-hydrogen) atoms. The van der Waals surface area contributed by atoms with Crippen LogP contribution in [-0.2, 0) is 22.7 Å². The van der Waals surface area contributed by atoms with E-state index in [1.807, 2.05) is 0 Å². The fourth-order valence-electron chi connectivity index (χ4n) is 2.54. The van der Waals surface area contributed by atoms with Crippen LogP contribution in [0.2, 0.25) is 0 Å². The van der Waals surface area contributed by atoms with Gasteiger partial charge in [0.25, 0.3) is 5.56 Å². The zero-order chi connectivity index (χ0) is 20.9. The van der Waals surface area contributed by atoms with Crippen LogP contribution >= 0.6 is 15.6 Å². The number of nitrogens with two attached hydrogens (primary N) is 1. The van der Waals surface area contributed by atoms with Crippen LogP contribution in [0.4, 0.5) is 5.95 Å². The van der Waals surface area contributed by atoms with Gasteiger partial charge in [0, 0.05) is 0 Å². The van der Waals surface area contributed by atoms with Gasteiger partial charge in [-0.15, -0.1) is 0 Å². The molecule has 20 heteroatoms. The summed E-state index contributed by atoms with van der Waals surface area (Å²) >= 11 is 0. The average Bonchev–Trinajstić information content (AvgIpc) is 3.06. The molecule has 1 fully saturated rings. The van der Waals surface area contributed by atoms with E-state index in [2.05, 4.69) is 23.8 Å². The number of H-pyrrole nitrogens is 1. The number of phosphoric ester groups is 1. The number of fused-ring (bicyclic) bond motifs is 1. The van der Waals surface area contributed by atoms with Gasteiger partial charge in [0.15, 0.2) is 17.4 Å². The van der Waals surface area contributed by atoms with E-state index in [0.29, 0.717) is 0 Å². The molecule has 3 rings (SSSR count). The average molecular weight is 470 g/mol. The minimum atomic E-state index is -5.82. The molecule has 16 nitrogen and oxygen atoms in total. The van der Waals surface area contributed by atoms with Gasteiger partial charge in [-0.05, 0) is 0 Å². The van der Waals surface area contributed by atoms with Crippen molar-refractivity contribution in [1.82, 2.24) is 19.5 Å². The predicted octanol–water partition coefficient (Wildman–Crippen LogP) is -9.71. The molecule has 0 aliphatic carbocycles. The van der Waals surface area contributed by atoms with Crippen molar-refractivity contribution in [1.29, 1.82) is 0 Å². The second kappa shape index (κ2) is 9.96. The first-order valence-electron chi connectivity index (χ1n) is 7.32. The Morgan fingerprint density at radius 3 is 2.53 bits per heavy atom. The van der Waals surface area contributed by atoms with Crippen LogP contribution in [0.25, 0.3) is 11.2 Å². The maximum atomic E-state index is 11.8. The molecule has 3 heterocycles. The minimum Gasteiger partial charge on any atom is -0.789 e. The molecule has 0 aromatic carbocycles. The van der Waals surface area contributed by atoms with E-state index in [1.54, 1.807) is 0 Å². The monoisotopic (exact) mass is 470 g/mol. The van der Waals surface area contributed by atoms with Crippen molar-refractivity contribution in [2.75, 3.05) is 12.3 Å². The van der Waals surface area contributed by atoms with Crippen molar-refractivity contribution in [2.24, 2.45) is 0 Å². The Bertz CT molecular complexity index is 1040. The Morgan fingerprint density at radius 2 is 1.93 bits per heavy atom. The zero-order valence-electron chi connectivity index (χ0n) is 15.5. The number of ether oxygens (including phenoxy) is 1. The van der Waals surface area contributed by atoms with Crippen molar-refractivity contribution in [3.8, 4) is 0 Å². The Kier molecular flexibility index (Phi) is 9.13. The molecule has 1 saturated heterocycles. The Labute approximate surface area is 191 Å². The molecule has 0 bridgehead atoms. The third-order valence-electron chi connectivity index (χ3n) is 3.67. The minimum absolute atomic E-state index is 0. The number of aliphatic hydroxyl groups is 2. The molecule has 6 N–H and O–H groups in total. The van der Waals surface area contributed by atoms with Crippen LogP contribution in [0.5, 0.6) is 0 Å². The summed E-state index contributed by atoms with van der Waals surface area (Å²) in [6.45, 7) is -0.925. The summed E-state index contributed by atoms with van der Waals surface area (Å²) in [6.07, 6.45) is -5.02. The van der Waals surface area contributed by atoms with Crippen molar-refractivity contribution < 1.29 is 85.3 Å². The first-order valence-corrected chi connectivity index (χ1v) is 10.3. The number of nitrogen functional groups attached to an aromatic ring is 1. The van der Waals surface area contributed by atoms with Gasteiger partial charge < -0.3 is 39.9 Å². The number of phosphoric acid groups is 2. The second-order valence-electron chi connectivity index (χ2n) is 5.61. The zero-order valence-corrected chi connectivity index (χ0v) is 17.3. The summed E-state index contributed by atoms with van der Waals surface area (Å²) < 4.78 is 35.9. The summed E-state index contributed by atoms with van der Waals surface area (Å²) in [4.78, 5) is 51.7. The maximum Gasteiger partial charge on any atom is 1.00 e. The normalized spacial score (nSPS) is 26.0.